The molecule has 1 unspecified atom stereocenters. The Kier molecular flexibility index (Phi) is 5.57. The second-order valence-electron chi connectivity index (χ2n) is 6.00. The molecule has 120 valence electrons. The van der Waals surface area contributed by atoms with E-state index < -0.39 is 23.3 Å². The third-order valence-electron chi connectivity index (χ3n) is 4.39. The van der Waals surface area contributed by atoms with E-state index in [9.17, 15) is 19.5 Å². The van der Waals surface area contributed by atoms with Crippen LogP contribution in [0.4, 0.5) is 4.79 Å². The molecule has 1 atom stereocenters. The van der Waals surface area contributed by atoms with Crippen LogP contribution in [-0.4, -0.2) is 47.0 Å². The Labute approximate surface area is 124 Å². The average Bonchev–Trinajstić information content (AvgIpc) is 2.43. The number of nitrogens with two attached hydrogens (primary N) is 1. The van der Waals surface area contributed by atoms with Gasteiger partial charge in [-0.2, -0.15) is 0 Å². The number of hydrogen-bond donors (Lipinski definition) is 3. The topological polar surface area (TPSA) is 113 Å². The van der Waals surface area contributed by atoms with Crippen molar-refractivity contribution < 1.29 is 19.5 Å². The lowest BCUT2D eigenvalue weighted by Crippen LogP contribution is -2.55. The Bertz CT molecular complexity index is 414. The van der Waals surface area contributed by atoms with Crippen molar-refractivity contribution >= 4 is 17.9 Å². The summed E-state index contributed by atoms with van der Waals surface area (Å²) in [6.45, 7) is 6.20. The maximum atomic E-state index is 12.1. The molecular formula is C14H25N3O4. The maximum Gasteiger partial charge on any atom is 0.318 e. The lowest BCUT2D eigenvalue weighted by Gasteiger charge is -2.38. The van der Waals surface area contributed by atoms with Crippen LogP contribution in [0.5, 0.6) is 0 Å². The zero-order valence-corrected chi connectivity index (χ0v) is 12.9. The number of amides is 3. The van der Waals surface area contributed by atoms with Crippen molar-refractivity contribution in [3.63, 3.8) is 0 Å². The summed E-state index contributed by atoms with van der Waals surface area (Å²) in [5.74, 6) is -1.46. The van der Waals surface area contributed by atoms with Gasteiger partial charge in [0.15, 0.2) is 0 Å². The van der Waals surface area contributed by atoms with Crippen molar-refractivity contribution in [3.8, 4) is 0 Å². The van der Waals surface area contributed by atoms with E-state index in [4.69, 9.17) is 5.73 Å². The third kappa shape index (κ3) is 3.86. The first-order chi connectivity index (χ1) is 9.73. The molecule has 21 heavy (non-hydrogen) atoms. The molecule has 1 saturated heterocycles. The van der Waals surface area contributed by atoms with Crippen LogP contribution >= 0.6 is 0 Å². The number of carbonyl (C=O) groups is 3. The maximum absolute atomic E-state index is 12.1. The Balaban J connectivity index is 2.63. The Morgan fingerprint density at radius 1 is 1.29 bits per heavy atom. The minimum absolute atomic E-state index is 0.0926. The fraction of sp³-hybridized carbons (Fsp3) is 0.786. The molecular weight excluding hydrogens is 274 g/mol. The van der Waals surface area contributed by atoms with Gasteiger partial charge >= 0.3 is 12.0 Å². The number of piperidine rings is 1. The second kappa shape index (κ2) is 6.78. The van der Waals surface area contributed by atoms with Crippen molar-refractivity contribution in [2.24, 2.45) is 17.1 Å². The summed E-state index contributed by atoms with van der Waals surface area (Å²) in [5.41, 5.74) is 4.53. The van der Waals surface area contributed by atoms with Crippen molar-refractivity contribution in [1.29, 1.82) is 0 Å². The Hall–Kier alpha value is -1.79. The van der Waals surface area contributed by atoms with Crippen molar-refractivity contribution in [2.45, 2.75) is 46.1 Å². The smallest absolute Gasteiger partial charge is 0.318 e. The van der Waals surface area contributed by atoms with Gasteiger partial charge in [0, 0.05) is 13.1 Å². The number of carbonyl (C=O) groups excluding carboxylic acids is 2. The van der Waals surface area contributed by atoms with Crippen LogP contribution in [0.25, 0.3) is 0 Å². The number of nitrogens with one attached hydrogen (secondary N) is 1. The number of rotatable bonds is 5. The predicted octanol–water partition coefficient (Wildman–Crippen LogP) is 0.783. The molecule has 1 aliphatic rings. The molecule has 0 spiro atoms. The van der Waals surface area contributed by atoms with Gasteiger partial charge in [-0.3, -0.25) is 9.59 Å². The van der Waals surface area contributed by atoms with Gasteiger partial charge in [0.05, 0.1) is 5.41 Å². The first-order valence-electron chi connectivity index (χ1n) is 7.31. The molecule has 7 heteroatoms. The van der Waals surface area contributed by atoms with Crippen LogP contribution in [0.15, 0.2) is 0 Å². The molecule has 0 aliphatic carbocycles. The number of carboxylic acid groups (broad SMARTS) is 1. The molecule has 0 saturated carbocycles. The molecule has 1 heterocycles. The Morgan fingerprint density at radius 2 is 1.81 bits per heavy atom. The summed E-state index contributed by atoms with van der Waals surface area (Å²) < 4.78 is 0. The Morgan fingerprint density at radius 3 is 2.14 bits per heavy atom. The average molecular weight is 299 g/mol. The molecule has 0 aromatic carbocycles. The standard InChI is InChI=1S/C14H25N3O4/c1-4-14(12(19)20)5-7-17(8-6-14)13(21)16-10(9(2)3)11(15)18/h9-10H,4-8H2,1-3H3,(H2,15,18)(H,16,21)(H,19,20). The SMILES string of the molecule is CCC1(C(=O)O)CCN(C(=O)NC(C(N)=O)C(C)C)CC1. The summed E-state index contributed by atoms with van der Waals surface area (Å²) in [6, 6.07) is -1.07. The highest BCUT2D eigenvalue weighted by Crippen LogP contribution is 2.35. The van der Waals surface area contributed by atoms with E-state index in [1.165, 1.54) is 0 Å². The normalized spacial score (nSPS) is 19.1. The quantitative estimate of drug-likeness (QED) is 0.696. The van der Waals surface area contributed by atoms with E-state index in [2.05, 4.69) is 5.32 Å². The second-order valence-corrected chi connectivity index (χ2v) is 6.00. The van der Waals surface area contributed by atoms with E-state index in [1.807, 2.05) is 6.92 Å². The largest absolute Gasteiger partial charge is 0.481 e. The van der Waals surface area contributed by atoms with Crippen LogP contribution in [-0.2, 0) is 9.59 Å². The minimum atomic E-state index is -0.803. The van der Waals surface area contributed by atoms with Gasteiger partial charge in [-0.15, -0.1) is 0 Å². The fourth-order valence-electron chi connectivity index (χ4n) is 2.65. The zero-order chi connectivity index (χ0) is 16.2. The molecule has 4 N–H and O–H groups in total. The highest BCUT2D eigenvalue weighted by atomic mass is 16.4. The highest BCUT2D eigenvalue weighted by Gasteiger charge is 2.41. The van der Waals surface area contributed by atoms with Crippen LogP contribution in [0.3, 0.4) is 0 Å². The van der Waals surface area contributed by atoms with Crippen LogP contribution < -0.4 is 11.1 Å². The van der Waals surface area contributed by atoms with Crippen LogP contribution in [0, 0.1) is 11.3 Å². The number of hydrogen-bond acceptors (Lipinski definition) is 3. The molecule has 1 fully saturated rings. The molecule has 0 bridgehead atoms. The first kappa shape index (κ1) is 17.3. The highest BCUT2D eigenvalue weighted by molar-refractivity contribution is 5.86. The summed E-state index contributed by atoms with van der Waals surface area (Å²) in [7, 11) is 0. The summed E-state index contributed by atoms with van der Waals surface area (Å²) >= 11 is 0. The van der Waals surface area contributed by atoms with Gasteiger partial charge in [-0.25, -0.2) is 4.79 Å². The van der Waals surface area contributed by atoms with Crippen molar-refractivity contribution in [1.82, 2.24) is 10.2 Å². The summed E-state index contributed by atoms with van der Waals surface area (Å²) in [4.78, 5) is 36.4. The number of likely N-dealkylation sites (tertiary alicyclic amines) is 1. The molecule has 0 aromatic rings. The number of carboxylic acids is 1. The van der Waals surface area contributed by atoms with Gasteiger partial charge in [0.1, 0.15) is 6.04 Å². The summed E-state index contributed by atoms with van der Waals surface area (Å²) in [6.07, 6.45) is 1.40. The zero-order valence-electron chi connectivity index (χ0n) is 12.9. The molecule has 7 nitrogen and oxygen atoms in total. The molecule has 0 aromatic heterocycles. The summed E-state index contributed by atoms with van der Waals surface area (Å²) in [5, 5.41) is 11.9. The number of aliphatic carboxylic acids is 1. The number of nitrogens with zero attached hydrogens (tertiary/aromatic N) is 1. The van der Waals surface area contributed by atoms with E-state index in [0.29, 0.717) is 32.4 Å². The van der Waals surface area contributed by atoms with Crippen molar-refractivity contribution in [2.75, 3.05) is 13.1 Å². The van der Waals surface area contributed by atoms with E-state index in [-0.39, 0.29) is 11.9 Å². The first-order valence-corrected chi connectivity index (χ1v) is 7.31. The van der Waals surface area contributed by atoms with Gasteiger partial charge in [-0.1, -0.05) is 20.8 Å². The van der Waals surface area contributed by atoms with E-state index >= 15 is 0 Å². The fourth-order valence-corrected chi connectivity index (χ4v) is 2.65. The lowest BCUT2D eigenvalue weighted by atomic mass is 9.76. The van der Waals surface area contributed by atoms with Crippen LogP contribution in [0.1, 0.15) is 40.0 Å². The van der Waals surface area contributed by atoms with Gasteiger partial charge in [0.2, 0.25) is 5.91 Å². The molecule has 0 radical (unpaired) electrons. The van der Waals surface area contributed by atoms with Gasteiger partial charge in [-0.05, 0) is 25.2 Å². The molecule has 3 amide bonds. The van der Waals surface area contributed by atoms with Crippen molar-refractivity contribution in [3.05, 3.63) is 0 Å². The lowest BCUT2D eigenvalue weighted by molar-refractivity contribution is -0.151. The third-order valence-corrected chi connectivity index (χ3v) is 4.39. The molecule has 1 aliphatic heterocycles. The monoisotopic (exact) mass is 299 g/mol. The minimum Gasteiger partial charge on any atom is -0.481 e. The van der Waals surface area contributed by atoms with Gasteiger partial charge in [0.25, 0.3) is 0 Å². The number of primary amides is 1. The predicted molar refractivity (Wildman–Crippen MR) is 77.5 cm³/mol. The van der Waals surface area contributed by atoms with Crippen LogP contribution in [0.2, 0.25) is 0 Å². The number of urea groups is 1. The molecule has 1 rings (SSSR count). The van der Waals surface area contributed by atoms with E-state index in [0.717, 1.165) is 0 Å². The van der Waals surface area contributed by atoms with E-state index in [1.54, 1.807) is 18.7 Å². The van der Waals surface area contributed by atoms with Gasteiger partial charge < -0.3 is 21.1 Å².